The summed E-state index contributed by atoms with van der Waals surface area (Å²) in [6, 6.07) is 4.92. The molecule has 1 aromatic carbocycles. The molecule has 0 saturated carbocycles. The Hall–Kier alpha value is -0.290. The van der Waals surface area contributed by atoms with Crippen molar-refractivity contribution in [3.63, 3.8) is 0 Å². The maximum absolute atomic E-state index is 9.82. The predicted octanol–water partition coefficient (Wildman–Crippen LogP) is 2.59. The molecule has 0 saturated heterocycles. The Morgan fingerprint density at radius 3 is 2.50 bits per heavy atom. The van der Waals surface area contributed by atoms with E-state index in [-0.39, 0.29) is 24.8 Å². The van der Waals surface area contributed by atoms with Crippen LogP contribution < -0.4 is 5.73 Å². The fourth-order valence-corrected chi connectivity index (χ4v) is 1.68. The van der Waals surface area contributed by atoms with Gasteiger partial charge < -0.3 is 15.9 Å². The molecule has 0 aliphatic carbocycles. The fraction of sp³-hybridized carbons (Fsp3) is 0.455. The number of aliphatic hydroxyl groups excluding tert-OH is 1. The van der Waals surface area contributed by atoms with Gasteiger partial charge in [-0.1, -0.05) is 26.0 Å². The van der Waals surface area contributed by atoms with Crippen molar-refractivity contribution in [2.24, 2.45) is 11.1 Å². The molecular formula is C11H17BrClNO2. The monoisotopic (exact) mass is 309 g/mol. The van der Waals surface area contributed by atoms with Crippen LogP contribution >= 0.6 is 28.3 Å². The lowest BCUT2D eigenvalue weighted by Gasteiger charge is -2.30. The molecule has 0 amide bonds. The van der Waals surface area contributed by atoms with Gasteiger partial charge in [0.05, 0.1) is 4.47 Å². The topological polar surface area (TPSA) is 66.5 Å². The van der Waals surface area contributed by atoms with E-state index in [2.05, 4.69) is 15.9 Å². The van der Waals surface area contributed by atoms with Crippen LogP contribution in [0.5, 0.6) is 5.75 Å². The molecule has 3 nitrogen and oxygen atoms in total. The van der Waals surface area contributed by atoms with Crippen LogP contribution in [0.2, 0.25) is 0 Å². The summed E-state index contributed by atoms with van der Waals surface area (Å²) in [6.07, 6.45) is 0. The average Bonchev–Trinajstić information content (AvgIpc) is 2.21. The molecule has 0 aliphatic heterocycles. The Bertz CT molecular complexity index is 358. The zero-order valence-corrected chi connectivity index (χ0v) is 11.7. The molecule has 0 unspecified atom stereocenters. The number of hydrogen-bond donors (Lipinski definition) is 3. The Balaban J connectivity index is 0.00000225. The van der Waals surface area contributed by atoms with E-state index in [1.165, 1.54) is 0 Å². The van der Waals surface area contributed by atoms with E-state index in [9.17, 15) is 10.2 Å². The summed E-state index contributed by atoms with van der Waals surface area (Å²) in [6.45, 7) is 3.69. The summed E-state index contributed by atoms with van der Waals surface area (Å²) >= 11 is 3.23. The highest BCUT2D eigenvalue weighted by Crippen LogP contribution is 2.38. The minimum atomic E-state index is -0.460. The smallest absolute Gasteiger partial charge is 0.134 e. The zero-order chi connectivity index (χ0) is 11.6. The minimum Gasteiger partial charge on any atom is -0.506 e. The Morgan fingerprint density at radius 1 is 1.44 bits per heavy atom. The molecule has 0 spiro atoms. The highest BCUT2D eigenvalue weighted by molar-refractivity contribution is 9.10. The van der Waals surface area contributed by atoms with Crippen molar-refractivity contribution in [3.05, 3.63) is 28.2 Å². The number of hydrogen-bond acceptors (Lipinski definition) is 3. The quantitative estimate of drug-likeness (QED) is 0.804. The number of halogens is 2. The van der Waals surface area contributed by atoms with Gasteiger partial charge in [0, 0.05) is 23.6 Å². The van der Waals surface area contributed by atoms with Crippen LogP contribution in [-0.2, 0) is 0 Å². The maximum Gasteiger partial charge on any atom is 0.134 e. The van der Waals surface area contributed by atoms with Crippen LogP contribution in [0.15, 0.2) is 22.7 Å². The summed E-state index contributed by atoms with van der Waals surface area (Å²) in [7, 11) is 0. The van der Waals surface area contributed by atoms with Crippen LogP contribution in [0.1, 0.15) is 25.5 Å². The number of phenols is 1. The minimum absolute atomic E-state index is 0. The lowest BCUT2D eigenvalue weighted by molar-refractivity contribution is 0.131. The normalized spacial score (nSPS) is 13.1. The Kier molecular flexibility index (Phi) is 5.76. The van der Waals surface area contributed by atoms with Crippen LogP contribution in [0, 0.1) is 5.41 Å². The first kappa shape index (κ1) is 15.7. The summed E-state index contributed by atoms with van der Waals surface area (Å²) < 4.78 is 0.615. The molecule has 0 bridgehead atoms. The van der Waals surface area contributed by atoms with Gasteiger partial charge in [0.2, 0.25) is 0 Å². The molecule has 0 heterocycles. The number of para-hydroxylation sites is 1. The number of aliphatic hydroxyl groups is 1. The number of nitrogens with two attached hydrogens (primary N) is 1. The van der Waals surface area contributed by atoms with Crippen molar-refractivity contribution < 1.29 is 10.2 Å². The second-order valence-electron chi connectivity index (χ2n) is 4.30. The Labute approximate surface area is 110 Å². The van der Waals surface area contributed by atoms with Gasteiger partial charge in [0.25, 0.3) is 0 Å². The lowest BCUT2D eigenvalue weighted by atomic mass is 9.81. The van der Waals surface area contributed by atoms with Gasteiger partial charge in [-0.3, -0.25) is 0 Å². The van der Waals surface area contributed by atoms with Gasteiger partial charge in [-0.15, -0.1) is 12.4 Å². The maximum atomic E-state index is 9.82. The first-order valence-electron chi connectivity index (χ1n) is 4.74. The molecule has 0 radical (unpaired) electrons. The molecule has 0 aliphatic rings. The van der Waals surface area contributed by atoms with Gasteiger partial charge in [-0.2, -0.15) is 0 Å². The van der Waals surface area contributed by atoms with Crippen LogP contribution in [-0.4, -0.2) is 16.8 Å². The van der Waals surface area contributed by atoms with Crippen molar-refractivity contribution in [2.45, 2.75) is 19.9 Å². The zero-order valence-electron chi connectivity index (χ0n) is 9.27. The largest absolute Gasteiger partial charge is 0.506 e. The molecule has 1 aromatic rings. The molecule has 92 valence electrons. The van der Waals surface area contributed by atoms with Gasteiger partial charge in [0.1, 0.15) is 5.75 Å². The van der Waals surface area contributed by atoms with Crippen LogP contribution in [0.25, 0.3) is 0 Å². The van der Waals surface area contributed by atoms with Gasteiger partial charge in [-0.05, 0) is 22.0 Å². The number of rotatable bonds is 3. The molecule has 5 heteroatoms. The molecule has 4 N–H and O–H groups in total. The molecule has 1 atom stereocenters. The summed E-state index contributed by atoms with van der Waals surface area (Å²) in [4.78, 5) is 0. The third-order valence-electron chi connectivity index (χ3n) is 2.60. The van der Waals surface area contributed by atoms with E-state index < -0.39 is 11.5 Å². The summed E-state index contributed by atoms with van der Waals surface area (Å²) in [5, 5.41) is 19.0. The van der Waals surface area contributed by atoms with E-state index in [0.29, 0.717) is 10.0 Å². The Morgan fingerprint density at radius 2 is 2.00 bits per heavy atom. The third-order valence-corrected chi connectivity index (χ3v) is 3.24. The number of phenolic OH excluding ortho intramolecular Hbond substituents is 1. The predicted molar refractivity (Wildman–Crippen MR) is 70.9 cm³/mol. The average molecular weight is 311 g/mol. The van der Waals surface area contributed by atoms with Crippen LogP contribution in [0.3, 0.4) is 0 Å². The summed E-state index contributed by atoms with van der Waals surface area (Å²) in [5.41, 5.74) is 6.19. The van der Waals surface area contributed by atoms with Gasteiger partial charge in [0.15, 0.2) is 0 Å². The highest BCUT2D eigenvalue weighted by atomic mass is 79.9. The van der Waals surface area contributed by atoms with Crippen molar-refractivity contribution in [1.82, 2.24) is 0 Å². The van der Waals surface area contributed by atoms with Crippen molar-refractivity contribution in [2.75, 3.05) is 6.61 Å². The van der Waals surface area contributed by atoms with Gasteiger partial charge in [-0.25, -0.2) is 0 Å². The molecule has 1 rings (SSSR count). The van der Waals surface area contributed by atoms with Crippen molar-refractivity contribution in [3.8, 4) is 5.75 Å². The first-order chi connectivity index (χ1) is 6.90. The van der Waals surface area contributed by atoms with E-state index in [1.807, 2.05) is 19.9 Å². The third kappa shape index (κ3) is 3.10. The number of aromatic hydroxyl groups is 1. The number of benzene rings is 1. The van der Waals surface area contributed by atoms with E-state index in [1.54, 1.807) is 12.1 Å². The SMILES string of the molecule is CC(C)(CO)[C@@H](N)c1cccc(Br)c1O.Cl. The fourth-order valence-electron chi connectivity index (χ4n) is 1.30. The van der Waals surface area contributed by atoms with E-state index >= 15 is 0 Å². The molecule has 0 fully saturated rings. The second kappa shape index (κ2) is 5.87. The highest BCUT2D eigenvalue weighted by Gasteiger charge is 2.29. The first-order valence-corrected chi connectivity index (χ1v) is 5.53. The standard InChI is InChI=1S/C11H16BrNO2.ClH/c1-11(2,6-14)10(13)7-4-3-5-8(12)9(7)15;/h3-5,10,14-15H,6,13H2,1-2H3;1H/t10-;/m0./s1. The van der Waals surface area contributed by atoms with E-state index in [4.69, 9.17) is 5.73 Å². The molecular weight excluding hydrogens is 293 g/mol. The van der Waals surface area contributed by atoms with Crippen molar-refractivity contribution >= 4 is 28.3 Å². The molecule has 16 heavy (non-hydrogen) atoms. The van der Waals surface area contributed by atoms with Crippen LogP contribution in [0.4, 0.5) is 0 Å². The van der Waals surface area contributed by atoms with Crippen molar-refractivity contribution in [1.29, 1.82) is 0 Å². The lowest BCUT2D eigenvalue weighted by Crippen LogP contribution is -2.32. The van der Waals surface area contributed by atoms with Gasteiger partial charge >= 0.3 is 0 Å². The summed E-state index contributed by atoms with van der Waals surface area (Å²) in [5.74, 6) is 0.145. The van der Waals surface area contributed by atoms with E-state index in [0.717, 1.165) is 0 Å². The molecule has 0 aromatic heterocycles. The second-order valence-corrected chi connectivity index (χ2v) is 5.16.